The number of rotatable bonds is 3. The SMILES string of the molecule is Nc1cc(S(=O)(=O)NC2CCC(=O)NC2=O)ccc1F. The summed E-state index contributed by atoms with van der Waals surface area (Å²) in [5, 5.41) is 2.03. The third kappa shape index (κ3) is 2.94. The van der Waals surface area contributed by atoms with Crippen LogP contribution in [0.1, 0.15) is 12.8 Å². The Hall–Kier alpha value is -2.00. The highest BCUT2D eigenvalue weighted by Gasteiger charge is 2.30. The maximum atomic E-state index is 13.0. The molecule has 108 valence electrons. The Labute approximate surface area is 114 Å². The van der Waals surface area contributed by atoms with Crippen LogP contribution in [0.3, 0.4) is 0 Å². The highest BCUT2D eigenvalue weighted by Crippen LogP contribution is 2.17. The van der Waals surface area contributed by atoms with Crippen LogP contribution in [0.25, 0.3) is 0 Å². The molecule has 0 aliphatic carbocycles. The number of nitrogens with one attached hydrogen (secondary N) is 2. The van der Waals surface area contributed by atoms with Crippen LogP contribution < -0.4 is 15.8 Å². The van der Waals surface area contributed by atoms with E-state index < -0.39 is 33.7 Å². The molecule has 20 heavy (non-hydrogen) atoms. The molecule has 1 unspecified atom stereocenters. The minimum atomic E-state index is -4.02. The van der Waals surface area contributed by atoms with Gasteiger partial charge in [0.2, 0.25) is 21.8 Å². The van der Waals surface area contributed by atoms with E-state index in [1.165, 1.54) is 0 Å². The van der Waals surface area contributed by atoms with Gasteiger partial charge in [0.1, 0.15) is 11.9 Å². The van der Waals surface area contributed by atoms with E-state index in [0.29, 0.717) is 0 Å². The molecule has 0 aromatic heterocycles. The molecule has 0 radical (unpaired) electrons. The minimum Gasteiger partial charge on any atom is -0.396 e. The fourth-order valence-corrected chi connectivity index (χ4v) is 3.02. The molecule has 2 amide bonds. The van der Waals surface area contributed by atoms with Crippen molar-refractivity contribution in [2.75, 3.05) is 5.73 Å². The van der Waals surface area contributed by atoms with Gasteiger partial charge < -0.3 is 5.73 Å². The van der Waals surface area contributed by atoms with E-state index in [-0.39, 0.29) is 23.4 Å². The van der Waals surface area contributed by atoms with Crippen LogP contribution in [0.5, 0.6) is 0 Å². The molecule has 1 aromatic rings. The number of halogens is 1. The molecule has 2 rings (SSSR count). The van der Waals surface area contributed by atoms with Crippen LogP contribution >= 0.6 is 0 Å². The van der Waals surface area contributed by atoms with Crippen LogP contribution in [-0.4, -0.2) is 26.3 Å². The predicted octanol–water partition coefficient (Wildman–Crippen LogP) is -0.509. The molecule has 1 aliphatic heterocycles. The number of carbonyl (C=O) groups is 2. The fraction of sp³-hybridized carbons (Fsp3) is 0.273. The number of sulfonamides is 1. The molecule has 0 saturated carbocycles. The predicted molar refractivity (Wildman–Crippen MR) is 67.3 cm³/mol. The third-order valence-corrected chi connectivity index (χ3v) is 4.28. The number of amides is 2. The summed E-state index contributed by atoms with van der Waals surface area (Å²) in [5.41, 5.74) is 5.00. The van der Waals surface area contributed by atoms with Gasteiger partial charge in [-0.15, -0.1) is 0 Å². The highest BCUT2D eigenvalue weighted by atomic mass is 32.2. The summed E-state index contributed by atoms with van der Waals surface area (Å²) in [4.78, 5) is 22.2. The first-order chi connectivity index (χ1) is 9.29. The van der Waals surface area contributed by atoms with Crippen molar-refractivity contribution in [2.45, 2.75) is 23.8 Å². The molecule has 1 heterocycles. The van der Waals surface area contributed by atoms with Crippen LogP contribution in [0.2, 0.25) is 0 Å². The Morgan fingerprint density at radius 1 is 1.35 bits per heavy atom. The quantitative estimate of drug-likeness (QED) is 0.513. The van der Waals surface area contributed by atoms with E-state index in [1.54, 1.807) is 0 Å². The molecular formula is C11H12FN3O4S. The molecule has 1 saturated heterocycles. The monoisotopic (exact) mass is 301 g/mol. The Bertz CT molecular complexity index is 674. The molecular weight excluding hydrogens is 289 g/mol. The number of anilines is 1. The zero-order valence-electron chi connectivity index (χ0n) is 10.2. The lowest BCUT2D eigenvalue weighted by Gasteiger charge is -2.21. The Morgan fingerprint density at radius 3 is 2.65 bits per heavy atom. The molecule has 1 atom stereocenters. The number of piperidine rings is 1. The van der Waals surface area contributed by atoms with E-state index in [4.69, 9.17) is 5.73 Å². The van der Waals surface area contributed by atoms with E-state index >= 15 is 0 Å². The molecule has 7 nitrogen and oxygen atoms in total. The van der Waals surface area contributed by atoms with Crippen molar-refractivity contribution in [1.29, 1.82) is 0 Å². The van der Waals surface area contributed by atoms with Crippen LogP contribution in [0, 0.1) is 5.82 Å². The number of carbonyl (C=O) groups excluding carboxylic acids is 2. The van der Waals surface area contributed by atoms with Gasteiger partial charge in [-0.25, -0.2) is 12.8 Å². The summed E-state index contributed by atoms with van der Waals surface area (Å²) in [7, 11) is -4.02. The van der Waals surface area contributed by atoms with Crippen molar-refractivity contribution >= 4 is 27.5 Å². The fourth-order valence-electron chi connectivity index (χ4n) is 1.75. The normalized spacial score (nSPS) is 19.8. The topological polar surface area (TPSA) is 118 Å². The van der Waals surface area contributed by atoms with Crippen molar-refractivity contribution in [3.8, 4) is 0 Å². The van der Waals surface area contributed by atoms with Crippen LogP contribution in [0.4, 0.5) is 10.1 Å². The summed E-state index contributed by atoms with van der Waals surface area (Å²) in [5.74, 6) is -1.89. The first-order valence-electron chi connectivity index (χ1n) is 5.70. The van der Waals surface area contributed by atoms with E-state index in [2.05, 4.69) is 4.72 Å². The van der Waals surface area contributed by atoms with Gasteiger partial charge in [0.05, 0.1) is 10.6 Å². The first kappa shape index (κ1) is 14.4. The second-order valence-electron chi connectivity index (χ2n) is 4.31. The van der Waals surface area contributed by atoms with Crippen molar-refractivity contribution in [2.24, 2.45) is 0 Å². The van der Waals surface area contributed by atoms with Crippen molar-refractivity contribution in [3.63, 3.8) is 0 Å². The molecule has 0 spiro atoms. The standard InChI is InChI=1S/C11H12FN3O4S/c12-7-2-1-6(5-8(7)13)20(18,19)15-9-3-4-10(16)14-11(9)17/h1-2,5,9,15H,3-4,13H2,(H,14,16,17). The Morgan fingerprint density at radius 2 is 2.05 bits per heavy atom. The zero-order valence-corrected chi connectivity index (χ0v) is 11.0. The summed E-state index contributed by atoms with van der Waals surface area (Å²) in [6.07, 6.45) is 0.116. The molecule has 9 heteroatoms. The lowest BCUT2D eigenvalue weighted by molar-refractivity contribution is -0.134. The van der Waals surface area contributed by atoms with Gasteiger partial charge in [0, 0.05) is 6.42 Å². The average Bonchev–Trinajstić information content (AvgIpc) is 2.36. The molecule has 1 aliphatic rings. The Balaban J connectivity index is 2.21. The van der Waals surface area contributed by atoms with E-state index in [0.717, 1.165) is 18.2 Å². The number of hydrogen-bond donors (Lipinski definition) is 3. The molecule has 4 N–H and O–H groups in total. The van der Waals surface area contributed by atoms with Gasteiger partial charge in [0.25, 0.3) is 0 Å². The van der Waals surface area contributed by atoms with E-state index in [1.807, 2.05) is 5.32 Å². The first-order valence-corrected chi connectivity index (χ1v) is 7.19. The van der Waals surface area contributed by atoms with Gasteiger partial charge in [-0.1, -0.05) is 0 Å². The molecule has 1 fully saturated rings. The largest absolute Gasteiger partial charge is 0.396 e. The van der Waals surface area contributed by atoms with Crippen molar-refractivity contribution in [1.82, 2.24) is 10.0 Å². The summed E-state index contributed by atoms with van der Waals surface area (Å²) >= 11 is 0. The van der Waals surface area contributed by atoms with E-state index in [9.17, 15) is 22.4 Å². The maximum Gasteiger partial charge on any atom is 0.244 e. The van der Waals surface area contributed by atoms with Gasteiger partial charge >= 0.3 is 0 Å². The minimum absolute atomic E-state index is 0.0461. The second-order valence-corrected chi connectivity index (χ2v) is 6.02. The maximum absolute atomic E-state index is 13.0. The average molecular weight is 301 g/mol. The molecule has 1 aromatic carbocycles. The summed E-state index contributed by atoms with van der Waals surface area (Å²) in [6, 6.07) is 1.89. The van der Waals surface area contributed by atoms with Crippen molar-refractivity contribution in [3.05, 3.63) is 24.0 Å². The van der Waals surface area contributed by atoms with Crippen LogP contribution in [0.15, 0.2) is 23.1 Å². The van der Waals surface area contributed by atoms with Gasteiger partial charge in [-0.2, -0.15) is 4.72 Å². The summed E-state index contributed by atoms with van der Waals surface area (Å²) < 4.78 is 39.2. The van der Waals surface area contributed by atoms with Gasteiger partial charge in [-0.05, 0) is 24.6 Å². The highest BCUT2D eigenvalue weighted by molar-refractivity contribution is 7.89. The second kappa shape index (κ2) is 5.17. The number of benzene rings is 1. The zero-order chi connectivity index (χ0) is 14.9. The van der Waals surface area contributed by atoms with Gasteiger partial charge in [-0.3, -0.25) is 14.9 Å². The smallest absolute Gasteiger partial charge is 0.244 e. The molecule has 0 bridgehead atoms. The van der Waals surface area contributed by atoms with Gasteiger partial charge in [0.15, 0.2) is 0 Å². The lowest BCUT2D eigenvalue weighted by atomic mass is 10.1. The number of nitrogens with two attached hydrogens (primary N) is 1. The Kier molecular flexibility index (Phi) is 3.73. The van der Waals surface area contributed by atoms with Crippen molar-refractivity contribution < 1.29 is 22.4 Å². The van der Waals surface area contributed by atoms with Crippen LogP contribution in [-0.2, 0) is 19.6 Å². The lowest BCUT2D eigenvalue weighted by Crippen LogP contribution is -2.52. The number of imide groups is 1. The number of hydrogen-bond acceptors (Lipinski definition) is 5. The number of nitrogen functional groups attached to an aromatic ring is 1. The summed E-state index contributed by atoms with van der Waals surface area (Å²) in [6.45, 7) is 0. The third-order valence-electron chi connectivity index (χ3n) is 2.81.